The molecule has 0 spiro atoms. The normalized spacial score (nSPS) is 10.9. The van der Waals surface area contributed by atoms with Gasteiger partial charge >= 0.3 is 11.9 Å². The van der Waals surface area contributed by atoms with Crippen molar-refractivity contribution >= 4 is 27.6 Å². The van der Waals surface area contributed by atoms with Crippen molar-refractivity contribution in [3.8, 4) is 0 Å². The van der Waals surface area contributed by atoms with Crippen molar-refractivity contribution in [2.24, 2.45) is 0 Å². The van der Waals surface area contributed by atoms with E-state index in [9.17, 15) is 18.0 Å². The number of ether oxygens (including phenoxy) is 1. The average Bonchev–Trinajstić information content (AvgIpc) is 2.60. The number of esters is 1. The van der Waals surface area contributed by atoms with E-state index in [0.717, 1.165) is 6.07 Å². The van der Waals surface area contributed by atoms with Crippen LogP contribution >= 0.6 is 0 Å². The number of aromatic carboxylic acids is 1. The van der Waals surface area contributed by atoms with Crippen LogP contribution in [0.25, 0.3) is 0 Å². The second-order valence-electron chi connectivity index (χ2n) is 5.15. The average molecular weight is 363 g/mol. The summed E-state index contributed by atoms with van der Waals surface area (Å²) in [5.41, 5.74) is 0.425. The first kappa shape index (κ1) is 18.5. The molecule has 2 N–H and O–H groups in total. The van der Waals surface area contributed by atoms with E-state index in [1.165, 1.54) is 42.5 Å². The highest BCUT2D eigenvalue weighted by molar-refractivity contribution is 7.92. The van der Waals surface area contributed by atoms with Crippen LogP contribution in [0.5, 0.6) is 0 Å². The van der Waals surface area contributed by atoms with Gasteiger partial charge in [-0.25, -0.2) is 18.0 Å². The van der Waals surface area contributed by atoms with Crippen LogP contribution in [-0.4, -0.2) is 32.1 Å². The van der Waals surface area contributed by atoms with Gasteiger partial charge in [-0.15, -0.1) is 0 Å². The van der Waals surface area contributed by atoms with Crippen molar-refractivity contribution in [3.63, 3.8) is 0 Å². The van der Waals surface area contributed by atoms with E-state index in [1.54, 1.807) is 0 Å². The van der Waals surface area contributed by atoms with Gasteiger partial charge in [-0.3, -0.25) is 4.72 Å². The largest absolute Gasteiger partial charge is 0.478 e. The molecule has 0 aromatic heterocycles. The molecule has 0 aliphatic heterocycles. The Balaban J connectivity index is 2.17. The molecular weight excluding hydrogens is 346 g/mol. The molecule has 132 valence electrons. The third-order valence-electron chi connectivity index (χ3n) is 3.20. The lowest BCUT2D eigenvalue weighted by molar-refractivity contribution is 0.0504. The van der Waals surface area contributed by atoms with Gasteiger partial charge in [0.1, 0.15) is 0 Å². The monoisotopic (exact) mass is 363 g/mol. The van der Waals surface area contributed by atoms with Crippen LogP contribution in [0.4, 0.5) is 5.69 Å². The molecule has 2 aromatic carbocycles. The second kappa shape index (κ2) is 7.80. The first-order valence-electron chi connectivity index (χ1n) is 7.47. The van der Waals surface area contributed by atoms with Crippen LogP contribution in [0.15, 0.2) is 53.4 Å². The van der Waals surface area contributed by atoms with E-state index in [4.69, 9.17) is 9.84 Å². The molecule has 0 bridgehead atoms. The standard InChI is InChI=1S/C17H17NO6S/c1-2-10-24-17(21)12-6-8-14(9-7-12)18-25(22,23)15-5-3-4-13(11-15)16(19)20/h3-9,11,18H,2,10H2,1H3,(H,19,20). The zero-order chi connectivity index (χ0) is 18.4. The topological polar surface area (TPSA) is 110 Å². The van der Waals surface area contributed by atoms with Gasteiger partial charge in [0.05, 0.1) is 22.6 Å². The molecule has 25 heavy (non-hydrogen) atoms. The summed E-state index contributed by atoms with van der Waals surface area (Å²) < 4.78 is 32.0. The predicted octanol–water partition coefficient (Wildman–Crippen LogP) is 2.75. The van der Waals surface area contributed by atoms with Crippen molar-refractivity contribution in [1.82, 2.24) is 0 Å². The van der Waals surface area contributed by atoms with Crippen molar-refractivity contribution in [3.05, 3.63) is 59.7 Å². The number of anilines is 1. The Kier molecular flexibility index (Phi) is 5.76. The van der Waals surface area contributed by atoms with Crippen molar-refractivity contribution < 1.29 is 27.9 Å². The van der Waals surface area contributed by atoms with Gasteiger partial charge in [0.25, 0.3) is 10.0 Å². The third kappa shape index (κ3) is 4.80. The molecule has 0 unspecified atom stereocenters. The summed E-state index contributed by atoms with van der Waals surface area (Å²) in [6.45, 7) is 2.19. The number of hydrogen-bond acceptors (Lipinski definition) is 5. The van der Waals surface area contributed by atoms with E-state index in [2.05, 4.69) is 4.72 Å². The van der Waals surface area contributed by atoms with Crippen molar-refractivity contribution in [2.45, 2.75) is 18.2 Å². The molecule has 0 saturated heterocycles. The summed E-state index contributed by atoms with van der Waals surface area (Å²) >= 11 is 0. The molecule has 0 radical (unpaired) electrons. The first-order valence-corrected chi connectivity index (χ1v) is 8.95. The second-order valence-corrected chi connectivity index (χ2v) is 6.83. The Morgan fingerprint density at radius 2 is 1.76 bits per heavy atom. The molecule has 0 atom stereocenters. The first-order chi connectivity index (χ1) is 11.8. The zero-order valence-corrected chi connectivity index (χ0v) is 14.2. The maximum atomic E-state index is 12.3. The van der Waals surface area contributed by atoms with E-state index < -0.39 is 22.0 Å². The number of carboxylic acids is 1. The molecule has 8 heteroatoms. The fourth-order valence-corrected chi connectivity index (χ4v) is 3.07. The van der Waals surface area contributed by atoms with E-state index in [0.29, 0.717) is 18.6 Å². The van der Waals surface area contributed by atoms with Crippen LogP contribution in [0.3, 0.4) is 0 Å². The van der Waals surface area contributed by atoms with E-state index in [1.807, 2.05) is 6.92 Å². The number of rotatable bonds is 7. The third-order valence-corrected chi connectivity index (χ3v) is 4.58. The van der Waals surface area contributed by atoms with Gasteiger partial charge in [0.2, 0.25) is 0 Å². The maximum absolute atomic E-state index is 12.3. The highest BCUT2D eigenvalue weighted by atomic mass is 32.2. The van der Waals surface area contributed by atoms with Gasteiger partial charge in [-0.05, 0) is 48.9 Å². The molecule has 7 nitrogen and oxygen atoms in total. The van der Waals surface area contributed by atoms with Gasteiger partial charge in [-0.2, -0.15) is 0 Å². The molecule has 0 heterocycles. The SMILES string of the molecule is CCCOC(=O)c1ccc(NS(=O)(=O)c2cccc(C(=O)O)c2)cc1. The minimum atomic E-state index is -3.95. The quantitative estimate of drug-likeness (QED) is 0.732. The van der Waals surface area contributed by atoms with Crippen LogP contribution in [-0.2, 0) is 14.8 Å². The highest BCUT2D eigenvalue weighted by Gasteiger charge is 2.16. The van der Waals surface area contributed by atoms with Crippen LogP contribution in [0.2, 0.25) is 0 Å². The fraction of sp³-hybridized carbons (Fsp3) is 0.176. The Hall–Kier alpha value is -2.87. The molecule has 2 aromatic rings. The van der Waals surface area contributed by atoms with Gasteiger partial charge in [-0.1, -0.05) is 13.0 Å². The lowest BCUT2D eigenvalue weighted by Crippen LogP contribution is -2.14. The summed E-state index contributed by atoms with van der Waals surface area (Å²) in [5.74, 6) is -1.70. The highest BCUT2D eigenvalue weighted by Crippen LogP contribution is 2.18. The number of nitrogens with one attached hydrogen (secondary N) is 1. The molecule has 0 saturated carbocycles. The molecule has 2 rings (SSSR count). The van der Waals surface area contributed by atoms with Crippen LogP contribution < -0.4 is 4.72 Å². The number of carbonyl (C=O) groups is 2. The maximum Gasteiger partial charge on any atom is 0.338 e. The Morgan fingerprint density at radius 3 is 2.36 bits per heavy atom. The summed E-state index contributed by atoms with van der Waals surface area (Å²) in [5, 5.41) is 8.95. The van der Waals surface area contributed by atoms with Crippen molar-refractivity contribution in [1.29, 1.82) is 0 Å². The van der Waals surface area contributed by atoms with E-state index in [-0.39, 0.29) is 16.1 Å². The summed E-state index contributed by atoms with van der Waals surface area (Å²) in [6, 6.07) is 10.8. The number of sulfonamides is 1. The Bertz CT molecular complexity index is 874. The smallest absolute Gasteiger partial charge is 0.338 e. The number of carbonyl (C=O) groups excluding carboxylic acids is 1. The number of hydrogen-bond donors (Lipinski definition) is 2. The molecule has 0 aliphatic carbocycles. The minimum absolute atomic E-state index is 0.128. The van der Waals surface area contributed by atoms with Crippen LogP contribution in [0.1, 0.15) is 34.1 Å². The van der Waals surface area contributed by atoms with Crippen molar-refractivity contribution in [2.75, 3.05) is 11.3 Å². The molecular formula is C17H17NO6S. The lowest BCUT2D eigenvalue weighted by atomic mass is 10.2. The predicted molar refractivity (Wildman–Crippen MR) is 91.2 cm³/mol. The lowest BCUT2D eigenvalue weighted by Gasteiger charge is -2.09. The number of benzene rings is 2. The molecule has 0 fully saturated rings. The Labute approximate surface area is 145 Å². The zero-order valence-electron chi connectivity index (χ0n) is 13.4. The Morgan fingerprint density at radius 1 is 1.08 bits per heavy atom. The van der Waals surface area contributed by atoms with Gasteiger partial charge in [0.15, 0.2) is 0 Å². The summed E-state index contributed by atoms with van der Waals surface area (Å²) in [6.07, 6.45) is 0.707. The number of carboxylic acid groups (broad SMARTS) is 1. The minimum Gasteiger partial charge on any atom is -0.478 e. The molecule has 0 amide bonds. The van der Waals surface area contributed by atoms with Gasteiger partial charge < -0.3 is 9.84 Å². The van der Waals surface area contributed by atoms with Gasteiger partial charge in [0, 0.05) is 5.69 Å². The van der Waals surface area contributed by atoms with Crippen LogP contribution in [0, 0.1) is 0 Å². The fourth-order valence-electron chi connectivity index (χ4n) is 1.96. The van der Waals surface area contributed by atoms with E-state index >= 15 is 0 Å². The summed E-state index contributed by atoms with van der Waals surface area (Å²) in [7, 11) is -3.95. The summed E-state index contributed by atoms with van der Waals surface area (Å²) in [4.78, 5) is 22.5. The molecule has 0 aliphatic rings.